The lowest BCUT2D eigenvalue weighted by Gasteiger charge is -2.20. The Hall–Kier alpha value is -0.750. The molecule has 5 nitrogen and oxygen atoms in total. The third kappa shape index (κ3) is 5.82. The molecule has 0 aliphatic carbocycles. The molecule has 6 heteroatoms. The maximum absolute atomic E-state index is 11.9. The average molecular weight is 288 g/mol. The van der Waals surface area contributed by atoms with Crippen LogP contribution in [0.15, 0.2) is 0 Å². The van der Waals surface area contributed by atoms with Gasteiger partial charge in [0.2, 0.25) is 5.91 Å². The minimum absolute atomic E-state index is 0.314. The van der Waals surface area contributed by atoms with E-state index in [1.54, 1.807) is 11.8 Å². The Morgan fingerprint density at radius 3 is 2.63 bits per heavy atom. The largest absolute Gasteiger partial charge is 0.480 e. The molecule has 0 spiro atoms. The number of carboxylic acid groups (broad SMARTS) is 1. The maximum Gasteiger partial charge on any atom is 0.326 e. The van der Waals surface area contributed by atoms with Crippen molar-refractivity contribution in [2.24, 2.45) is 11.7 Å². The molecule has 1 aliphatic heterocycles. The first-order valence-corrected chi connectivity index (χ1v) is 7.85. The lowest BCUT2D eigenvalue weighted by molar-refractivity contribution is -0.142. The van der Waals surface area contributed by atoms with Crippen molar-refractivity contribution in [1.82, 2.24) is 5.32 Å². The van der Waals surface area contributed by atoms with Crippen LogP contribution in [0.1, 0.15) is 39.5 Å². The highest BCUT2D eigenvalue weighted by Gasteiger charge is 2.28. The molecular weight excluding hydrogens is 264 g/mol. The molecule has 1 amide bonds. The summed E-state index contributed by atoms with van der Waals surface area (Å²) in [5.74, 6) is 0.0637. The average Bonchev–Trinajstić information content (AvgIpc) is 2.79. The summed E-state index contributed by atoms with van der Waals surface area (Å²) < 4.78 is 0. The van der Waals surface area contributed by atoms with Gasteiger partial charge in [0, 0.05) is 5.25 Å². The van der Waals surface area contributed by atoms with Gasteiger partial charge in [-0.3, -0.25) is 4.79 Å². The molecule has 19 heavy (non-hydrogen) atoms. The number of carboxylic acids is 1. The quantitative estimate of drug-likeness (QED) is 0.655. The predicted molar refractivity (Wildman–Crippen MR) is 77.1 cm³/mol. The number of carbonyl (C=O) groups excluding carboxylic acids is 1. The second kappa shape index (κ2) is 7.75. The number of rotatable bonds is 7. The number of nitrogens with two attached hydrogens (primary N) is 1. The zero-order valence-electron chi connectivity index (χ0n) is 11.6. The zero-order chi connectivity index (χ0) is 14.4. The van der Waals surface area contributed by atoms with E-state index in [0.29, 0.717) is 24.0 Å². The van der Waals surface area contributed by atoms with Gasteiger partial charge in [0.05, 0.1) is 6.04 Å². The molecule has 4 N–H and O–H groups in total. The molecule has 0 radical (unpaired) electrons. The lowest BCUT2D eigenvalue weighted by Crippen LogP contribution is -2.49. The van der Waals surface area contributed by atoms with E-state index in [1.807, 2.05) is 13.8 Å². The van der Waals surface area contributed by atoms with E-state index in [-0.39, 0.29) is 5.91 Å². The first-order chi connectivity index (χ1) is 8.90. The van der Waals surface area contributed by atoms with Crippen LogP contribution in [-0.4, -0.2) is 40.1 Å². The van der Waals surface area contributed by atoms with Crippen LogP contribution in [0.2, 0.25) is 0 Å². The first kappa shape index (κ1) is 16.3. The van der Waals surface area contributed by atoms with Gasteiger partial charge in [0.15, 0.2) is 0 Å². The number of aliphatic carboxylic acids is 1. The van der Waals surface area contributed by atoms with E-state index in [1.165, 1.54) is 0 Å². The van der Waals surface area contributed by atoms with Crippen LogP contribution in [0.4, 0.5) is 0 Å². The molecule has 1 aliphatic rings. The highest BCUT2D eigenvalue weighted by atomic mass is 32.2. The number of hydrogen-bond acceptors (Lipinski definition) is 4. The van der Waals surface area contributed by atoms with E-state index in [9.17, 15) is 14.7 Å². The highest BCUT2D eigenvalue weighted by molar-refractivity contribution is 8.00. The van der Waals surface area contributed by atoms with Gasteiger partial charge in [-0.05, 0) is 37.4 Å². The third-order valence-electron chi connectivity index (χ3n) is 3.20. The lowest BCUT2D eigenvalue weighted by atomic mass is 10.0. The van der Waals surface area contributed by atoms with Gasteiger partial charge < -0.3 is 16.2 Å². The summed E-state index contributed by atoms with van der Waals surface area (Å²) in [6.07, 6.45) is 3.21. The van der Waals surface area contributed by atoms with Crippen LogP contribution < -0.4 is 11.1 Å². The standard InChI is InChI=1S/C13H24N2O3S/c1-8(2)6-10(14)12(16)15-11(13(17)18)7-9-4-3-5-19-9/h8-11H,3-7,14H2,1-2H3,(H,15,16)(H,17,18)/t9?,10-,11?/m0/s1. The summed E-state index contributed by atoms with van der Waals surface area (Å²) in [6, 6.07) is -1.45. The summed E-state index contributed by atoms with van der Waals surface area (Å²) in [4.78, 5) is 23.1. The number of thioether (sulfide) groups is 1. The van der Waals surface area contributed by atoms with Gasteiger partial charge in [-0.2, -0.15) is 11.8 Å². The van der Waals surface area contributed by atoms with Gasteiger partial charge in [-0.1, -0.05) is 13.8 Å². The zero-order valence-corrected chi connectivity index (χ0v) is 12.4. The summed E-state index contributed by atoms with van der Waals surface area (Å²) in [7, 11) is 0. The van der Waals surface area contributed by atoms with Gasteiger partial charge in [0.1, 0.15) is 6.04 Å². The normalized spacial score (nSPS) is 22.2. The van der Waals surface area contributed by atoms with Crippen LogP contribution in [0.5, 0.6) is 0 Å². The van der Waals surface area contributed by atoms with Crippen molar-refractivity contribution in [1.29, 1.82) is 0 Å². The van der Waals surface area contributed by atoms with Crippen LogP contribution in [-0.2, 0) is 9.59 Å². The molecule has 0 saturated carbocycles. The van der Waals surface area contributed by atoms with Gasteiger partial charge >= 0.3 is 5.97 Å². The van der Waals surface area contributed by atoms with Crippen molar-refractivity contribution < 1.29 is 14.7 Å². The second-order valence-electron chi connectivity index (χ2n) is 5.51. The molecule has 0 aromatic heterocycles. The Bertz CT molecular complexity index is 317. The van der Waals surface area contributed by atoms with E-state index in [0.717, 1.165) is 18.6 Å². The van der Waals surface area contributed by atoms with Gasteiger partial charge in [-0.25, -0.2) is 4.79 Å². The van der Waals surface area contributed by atoms with Crippen molar-refractivity contribution in [3.63, 3.8) is 0 Å². The number of amides is 1. The highest BCUT2D eigenvalue weighted by Crippen LogP contribution is 2.29. The molecular formula is C13H24N2O3S. The minimum Gasteiger partial charge on any atom is -0.480 e. The molecule has 3 atom stereocenters. The van der Waals surface area contributed by atoms with Crippen molar-refractivity contribution in [2.45, 2.75) is 56.9 Å². The molecule has 0 bridgehead atoms. The summed E-state index contributed by atoms with van der Waals surface area (Å²) >= 11 is 1.79. The molecule has 1 heterocycles. The summed E-state index contributed by atoms with van der Waals surface area (Å²) in [5, 5.41) is 12.1. The summed E-state index contributed by atoms with van der Waals surface area (Å²) in [5.41, 5.74) is 5.76. The molecule has 1 saturated heterocycles. The first-order valence-electron chi connectivity index (χ1n) is 6.80. The topological polar surface area (TPSA) is 92.4 Å². The SMILES string of the molecule is CC(C)C[C@H](N)C(=O)NC(CC1CCCS1)C(=O)O. The Balaban J connectivity index is 2.47. The Labute approximate surface area is 118 Å². The molecule has 1 fully saturated rings. The molecule has 0 aromatic carbocycles. The van der Waals surface area contributed by atoms with Crippen molar-refractivity contribution >= 4 is 23.6 Å². The predicted octanol–water partition coefficient (Wildman–Crippen LogP) is 1.21. The Morgan fingerprint density at radius 2 is 2.16 bits per heavy atom. The van der Waals surface area contributed by atoms with Crippen LogP contribution in [0.25, 0.3) is 0 Å². The Kier molecular flexibility index (Phi) is 6.65. The fourth-order valence-corrected chi connectivity index (χ4v) is 3.54. The van der Waals surface area contributed by atoms with E-state index in [2.05, 4.69) is 5.32 Å². The van der Waals surface area contributed by atoms with E-state index >= 15 is 0 Å². The minimum atomic E-state index is -0.974. The Morgan fingerprint density at radius 1 is 1.47 bits per heavy atom. The van der Waals surface area contributed by atoms with E-state index in [4.69, 9.17) is 5.73 Å². The second-order valence-corrected chi connectivity index (χ2v) is 6.91. The van der Waals surface area contributed by atoms with Crippen molar-refractivity contribution in [3.8, 4) is 0 Å². The van der Waals surface area contributed by atoms with Crippen LogP contribution >= 0.6 is 11.8 Å². The fraction of sp³-hybridized carbons (Fsp3) is 0.846. The van der Waals surface area contributed by atoms with Crippen LogP contribution in [0.3, 0.4) is 0 Å². The van der Waals surface area contributed by atoms with Crippen molar-refractivity contribution in [3.05, 3.63) is 0 Å². The molecule has 110 valence electrons. The maximum atomic E-state index is 11.9. The molecule has 1 rings (SSSR count). The van der Waals surface area contributed by atoms with Crippen molar-refractivity contribution in [2.75, 3.05) is 5.75 Å². The number of carbonyl (C=O) groups is 2. The number of nitrogens with one attached hydrogen (secondary N) is 1. The van der Waals surface area contributed by atoms with E-state index < -0.39 is 18.1 Å². The van der Waals surface area contributed by atoms with Gasteiger partial charge in [0.25, 0.3) is 0 Å². The fourth-order valence-electron chi connectivity index (χ4n) is 2.21. The van der Waals surface area contributed by atoms with Gasteiger partial charge in [-0.15, -0.1) is 0 Å². The molecule has 2 unspecified atom stereocenters. The third-order valence-corrected chi connectivity index (χ3v) is 4.62. The van der Waals surface area contributed by atoms with Crippen LogP contribution in [0, 0.1) is 5.92 Å². The number of hydrogen-bond donors (Lipinski definition) is 3. The monoisotopic (exact) mass is 288 g/mol. The molecule has 0 aromatic rings. The smallest absolute Gasteiger partial charge is 0.326 e. The summed E-state index contributed by atoms with van der Waals surface area (Å²) in [6.45, 7) is 3.97.